The predicted octanol–water partition coefficient (Wildman–Crippen LogP) is 1.93. The Labute approximate surface area is 138 Å². The summed E-state index contributed by atoms with van der Waals surface area (Å²) in [5.74, 6) is 0.801. The van der Waals surface area contributed by atoms with Gasteiger partial charge in [0.2, 0.25) is 10.0 Å². The summed E-state index contributed by atoms with van der Waals surface area (Å²) >= 11 is 0. The minimum absolute atomic E-state index is 0. The van der Waals surface area contributed by atoms with Crippen molar-refractivity contribution in [3.63, 3.8) is 0 Å². The molecular weight excluding hydrogens is 324 g/mol. The van der Waals surface area contributed by atoms with Crippen molar-refractivity contribution in [2.24, 2.45) is 5.73 Å². The van der Waals surface area contributed by atoms with Crippen LogP contribution in [0.25, 0.3) is 0 Å². The molecule has 0 radical (unpaired) electrons. The molecular formula is C15H23ClN2O3S. The van der Waals surface area contributed by atoms with Crippen molar-refractivity contribution < 1.29 is 13.2 Å². The van der Waals surface area contributed by atoms with Gasteiger partial charge in [0.1, 0.15) is 11.9 Å². The lowest BCUT2D eigenvalue weighted by atomic mass is 10.1. The molecule has 2 atom stereocenters. The Balaban J connectivity index is 0.00000176. The first-order valence-corrected chi connectivity index (χ1v) is 8.98. The molecule has 1 aromatic carbocycles. The van der Waals surface area contributed by atoms with Gasteiger partial charge in [0, 0.05) is 25.6 Å². The Bertz CT molecular complexity index is 636. The smallest absolute Gasteiger partial charge is 0.243 e. The van der Waals surface area contributed by atoms with Gasteiger partial charge in [0.25, 0.3) is 0 Å². The van der Waals surface area contributed by atoms with Crippen LogP contribution in [0.3, 0.4) is 0 Å². The van der Waals surface area contributed by atoms with E-state index in [9.17, 15) is 8.42 Å². The summed E-state index contributed by atoms with van der Waals surface area (Å²) in [7, 11) is -3.46. The third-order valence-corrected chi connectivity index (χ3v) is 6.27. The highest BCUT2D eigenvalue weighted by Crippen LogP contribution is 2.32. The van der Waals surface area contributed by atoms with Crippen LogP contribution in [0.4, 0.5) is 0 Å². The molecule has 7 heteroatoms. The molecule has 0 aromatic heterocycles. The fourth-order valence-corrected chi connectivity index (χ4v) is 4.98. The molecule has 0 saturated carbocycles. The van der Waals surface area contributed by atoms with E-state index in [2.05, 4.69) is 0 Å². The molecule has 2 heterocycles. The minimum Gasteiger partial charge on any atom is -0.490 e. The molecule has 0 amide bonds. The Kier molecular flexibility index (Phi) is 5.37. The summed E-state index contributed by atoms with van der Waals surface area (Å²) in [5, 5.41) is 0. The van der Waals surface area contributed by atoms with E-state index in [0.717, 1.165) is 37.0 Å². The number of piperidine rings is 1. The van der Waals surface area contributed by atoms with Crippen LogP contribution in [0, 0.1) is 0 Å². The zero-order valence-corrected chi connectivity index (χ0v) is 14.3. The van der Waals surface area contributed by atoms with Crippen LogP contribution < -0.4 is 10.5 Å². The average Bonchev–Trinajstić information content (AvgIpc) is 2.86. The third kappa shape index (κ3) is 3.11. The molecule has 5 nitrogen and oxygen atoms in total. The Hall–Kier alpha value is -0.820. The van der Waals surface area contributed by atoms with E-state index in [1.807, 2.05) is 6.92 Å². The first-order valence-electron chi connectivity index (χ1n) is 7.54. The van der Waals surface area contributed by atoms with Crippen molar-refractivity contribution >= 4 is 22.4 Å². The topological polar surface area (TPSA) is 72.6 Å². The SMILES string of the molecule is CC1Cc2cc(S(=O)(=O)N3CCCCC3CN)ccc2O1.Cl. The van der Waals surface area contributed by atoms with Gasteiger partial charge < -0.3 is 10.5 Å². The van der Waals surface area contributed by atoms with Crippen LogP contribution in [0.2, 0.25) is 0 Å². The number of ether oxygens (including phenoxy) is 1. The van der Waals surface area contributed by atoms with Crippen molar-refractivity contribution in [3.8, 4) is 5.75 Å². The maximum Gasteiger partial charge on any atom is 0.243 e. The second kappa shape index (κ2) is 6.74. The second-order valence-electron chi connectivity index (χ2n) is 5.90. The van der Waals surface area contributed by atoms with Crippen molar-refractivity contribution in [3.05, 3.63) is 23.8 Å². The fourth-order valence-electron chi connectivity index (χ4n) is 3.22. The summed E-state index contributed by atoms with van der Waals surface area (Å²) in [6.07, 6.45) is 3.68. The Morgan fingerprint density at radius 1 is 1.36 bits per heavy atom. The van der Waals surface area contributed by atoms with Gasteiger partial charge in [0.15, 0.2) is 0 Å². The molecule has 124 valence electrons. The molecule has 2 N–H and O–H groups in total. The van der Waals surface area contributed by atoms with E-state index in [4.69, 9.17) is 10.5 Å². The number of rotatable bonds is 3. The van der Waals surface area contributed by atoms with Gasteiger partial charge in [-0.3, -0.25) is 0 Å². The minimum atomic E-state index is -3.46. The van der Waals surface area contributed by atoms with Crippen LogP contribution in [0.1, 0.15) is 31.7 Å². The largest absolute Gasteiger partial charge is 0.490 e. The maximum absolute atomic E-state index is 12.9. The molecule has 2 aliphatic heterocycles. The highest BCUT2D eigenvalue weighted by Gasteiger charge is 2.33. The summed E-state index contributed by atoms with van der Waals surface area (Å²) in [6.45, 7) is 2.93. The molecule has 1 saturated heterocycles. The Morgan fingerprint density at radius 2 is 2.14 bits per heavy atom. The zero-order chi connectivity index (χ0) is 15.0. The highest BCUT2D eigenvalue weighted by atomic mass is 35.5. The normalized spacial score (nSPS) is 25.2. The van der Waals surface area contributed by atoms with Gasteiger partial charge in [0.05, 0.1) is 4.90 Å². The summed E-state index contributed by atoms with van der Waals surface area (Å²) in [6, 6.07) is 5.10. The lowest BCUT2D eigenvalue weighted by Crippen LogP contribution is -2.47. The second-order valence-corrected chi connectivity index (χ2v) is 7.79. The quantitative estimate of drug-likeness (QED) is 0.907. The molecule has 2 aliphatic rings. The predicted molar refractivity (Wildman–Crippen MR) is 88.1 cm³/mol. The van der Waals surface area contributed by atoms with Gasteiger partial charge in [-0.15, -0.1) is 12.4 Å². The van der Waals surface area contributed by atoms with Gasteiger partial charge in [-0.1, -0.05) is 6.42 Å². The molecule has 0 spiro atoms. The van der Waals surface area contributed by atoms with E-state index in [1.165, 1.54) is 0 Å². The first kappa shape index (κ1) is 17.5. The van der Waals surface area contributed by atoms with E-state index >= 15 is 0 Å². The van der Waals surface area contributed by atoms with Gasteiger partial charge in [-0.2, -0.15) is 4.31 Å². The number of fused-ring (bicyclic) bond motifs is 1. The molecule has 1 aromatic rings. The lowest BCUT2D eigenvalue weighted by Gasteiger charge is -2.33. The Morgan fingerprint density at radius 3 is 2.86 bits per heavy atom. The lowest BCUT2D eigenvalue weighted by molar-refractivity contribution is 0.254. The fraction of sp³-hybridized carbons (Fsp3) is 0.600. The maximum atomic E-state index is 12.9. The molecule has 22 heavy (non-hydrogen) atoms. The first-order chi connectivity index (χ1) is 10.0. The number of halogens is 1. The average molecular weight is 347 g/mol. The summed E-state index contributed by atoms with van der Waals surface area (Å²) < 4.78 is 32.9. The molecule has 1 fully saturated rings. The van der Waals surface area contributed by atoms with Crippen LogP contribution in [0.15, 0.2) is 23.1 Å². The van der Waals surface area contributed by atoms with Crippen LogP contribution in [0.5, 0.6) is 5.75 Å². The summed E-state index contributed by atoms with van der Waals surface area (Å²) in [4.78, 5) is 0.360. The number of hydrogen-bond donors (Lipinski definition) is 1. The number of benzene rings is 1. The highest BCUT2D eigenvalue weighted by molar-refractivity contribution is 7.89. The van der Waals surface area contributed by atoms with E-state index in [0.29, 0.717) is 18.0 Å². The zero-order valence-electron chi connectivity index (χ0n) is 12.7. The van der Waals surface area contributed by atoms with Crippen LogP contribution >= 0.6 is 12.4 Å². The van der Waals surface area contributed by atoms with Gasteiger partial charge in [-0.05, 0) is 43.5 Å². The number of nitrogens with zero attached hydrogens (tertiary/aromatic N) is 1. The summed E-state index contributed by atoms with van der Waals surface area (Å²) in [5.41, 5.74) is 6.73. The van der Waals surface area contributed by atoms with E-state index in [-0.39, 0.29) is 24.6 Å². The van der Waals surface area contributed by atoms with Crippen molar-refractivity contribution in [1.82, 2.24) is 4.31 Å². The van der Waals surface area contributed by atoms with Gasteiger partial charge in [-0.25, -0.2) is 8.42 Å². The van der Waals surface area contributed by atoms with Crippen LogP contribution in [-0.4, -0.2) is 38.0 Å². The number of hydrogen-bond acceptors (Lipinski definition) is 4. The van der Waals surface area contributed by atoms with Crippen molar-refractivity contribution in [1.29, 1.82) is 0 Å². The standard InChI is InChI=1S/C15H22N2O3S.ClH/c1-11-8-12-9-14(5-6-15(12)20-11)21(18,19)17-7-3-2-4-13(17)10-16;/h5-6,9,11,13H,2-4,7-8,10,16H2,1H3;1H. The van der Waals surface area contributed by atoms with Crippen molar-refractivity contribution in [2.75, 3.05) is 13.1 Å². The molecule has 0 aliphatic carbocycles. The molecule has 0 bridgehead atoms. The molecule has 2 unspecified atom stereocenters. The number of sulfonamides is 1. The van der Waals surface area contributed by atoms with Crippen LogP contribution in [-0.2, 0) is 16.4 Å². The van der Waals surface area contributed by atoms with E-state index < -0.39 is 10.0 Å². The molecule has 3 rings (SSSR count). The third-order valence-electron chi connectivity index (χ3n) is 4.32. The van der Waals surface area contributed by atoms with E-state index in [1.54, 1.807) is 22.5 Å². The van der Waals surface area contributed by atoms with Gasteiger partial charge >= 0.3 is 0 Å². The number of nitrogens with two attached hydrogens (primary N) is 1. The van der Waals surface area contributed by atoms with Crippen molar-refractivity contribution in [2.45, 2.75) is 49.6 Å². The monoisotopic (exact) mass is 346 g/mol.